The molecule has 6 heteroatoms. The third-order valence-corrected chi connectivity index (χ3v) is 2.08. The summed E-state index contributed by atoms with van der Waals surface area (Å²) in [5.74, 6) is -2.88. The molecule has 4 atom stereocenters. The van der Waals surface area contributed by atoms with Crippen molar-refractivity contribution in [1.29, 1.82) is 0 Å². The van der Waals surface area contributed by atoms with E-state index in [0.29, 0.717) is 0 Å². The molecule has 1 aliphatic heterocycles. The van der Waals surface area contributed by atoms with Gasteiger partial charge in [-0.05, 0) is 0 Å². The Balaban J connectivity index is 2.71. The third-order valence-electron chi connectivity index (χ3n) is 1.60. The summed E-state index contributed by atoms with van der Waals surface area (Å²) in [6.07, 6.45) is -2.84. The van der Waals surface area contributed by atoms with E-state index < -0.39 is 30.1 Å². The van der Waals surface area contributed by atoms with Crippen molar-refractivity contribution in [1.82, 2.24) is 0 Å². The van der Waals surface area contributed by atoms with Crippen LogP contribution in [0.1, 0.15) is 0 Å². The summed E-state index contributed by atoms with van der Waals surface area (Å²) >= 11 is 3.53. The second-order valence-corrected chi connectivity index (χ2v) is 2.85. The molecule has 1 rings (SSSR count). The molecular weight excluding hydrogens is 175 g/mol. The molecule has 1 saturated heterocycles. The van der Waals surface area contributed by atoms with E-state index >= 15 is 0 Å². The Hall–Kier alpha value is 0.120. The Morgan fingerprint density at radius 2 is 2.18 bits per heavy atom. The minimum atomic E-state index is -2.88. The first-order chi connectivity index (χ1) is 5.00. The zero-order valence-corrected chi connectivity index (χ0v) is 6.41. The first kappa shape index (κ1) is 9.21. The molecule has 0 aromatic heterocycles. The number of rotatable bonds is 1. The highest BCUT2D eigenvalue weighted by atomic mass is 32.1. The number of ether oxygens (including phenoxy) is 1. The molecule has 0 unspecified atom stereocenters. The standard InChI is InChI=1S/C5H9FO4S/c6-5(9)3(8)2(1-7)10-4(5)11/h2-4,7-9,11H,1H2/t2-,3-,4+,5+/m1/s1. The van der Waals surface area contributed by atoms with Gasteiger partial charge in [0, 0.05) is 0 Å². The predicted octanol–water partition coefficient (Wildman–Crippen LogP) is -1.35. The molecule has 0 aliphatic carbocycles. The summed E-state index contributed by atoms with van der Waals surface area (Å²) in [6, 6.07) is 0. The van der Waals surface area contributed by atoms with Crippen molar-refractivity contribution >= 4 is 12.6 Å². The van der Waals surface area contributed by atoms with Crippen molar-refractivity contribution in [2.24, 2.45) is 0 Å². The van der Waals surface area contributed by atoms with Gasteiger partial charge in [-0.2, -0.15) is 0 Å². The van der Waals surface area contributed by atoms with Gasteiger partial charge in [0.05, 0.1) is 6.61 Å². The molecule has 4 nitrogen and oxygen atoms in total. The first-order valence-electron chi connectivity index (χ1n) is 3.04. The quantitative estimate of drug-likeness (QED) is 0.380. The zero-order valence-electron chi connectivity index (χ0n) is 5.51. The van der Waals surface area contributed by atoms with E-state index in [1.54, 1.807) is 0 Å². The number of aliphatic hydroxyl groups is 3. The Labute approximate surface area is 68.0 Å². The summed E-state index contributed by atoms with van der Waals surface area (Å²) in [5.41, 5.74) is -1.41. The van der Waals surface area contributed by atoms with E-state index in [2.05, 4.69) is 17.4 Å². The van der Waals surface area contributed by atoms with Crippen LogP contribution in [0.3, 0.4) is 0 Å². The minimum absolute atomic E-state index is 0.551. The fourth-order valence-electron chi connectivity index (χ4n) is 0.885. The lowest BCUT2D eigenvalue weighted by atomic mass is 10.1. The maximum Gasteiger partial charge on any atom is 0.271 e. The molecule has 0 amide bonds. The predicted molar refractivity (Wildman–Crippen MR) is 36.8 cm³/mol. The van der Waals surface area contributed by atoms with Gasteiger partial charge in [0.25, 0.3) is 5.85 Å². The zero-order chi connectivity index (χ0) is 8.65. The van der Waals surface area contributed by atoms with Crippen molar-refractivity contribution in [2.45, 2.75) is 23.5 Å². The molecule has 0 spiro atoms. The number of hydrogen-bond donors (Lipinski definition) is 4. The summed E-state index contributed by atoms with van der Waals surface area (Å²) in [5, 5.41) is 26.2. The molecule has 1 fully saturated rings. The van der Waals surface area contributed by atoms with E-state index in [9.17, 15) is 4.39 Å². The smallest absolute Gasteiger partial charge is 0.271 e. The van der Waals surface area contributed by atoms with E-state index in [1.807, 2.05) is 0 Å². The van der Waals surface area contributed by atoms with Crippen molar-refractivity contribution in [3.8, 4) is 0 Å². The Morgan fingerprint density at radius 3 is 2.36 bits per heavy atom. The van der Waals surface area contributed by atoms with Crippen LogP contribution in [0.25, 0.3) is 0 Å². The topological polar surface area (TPSA) is 69.9 Å². The highest BCUT2D eigenvalue weighted by Crippen LogP contribution is 2.34. The van der Waals surface area contributed by atoms with Crippen LogP contribution in [0.4, 0.5) is 4.39 Å². The molecule has 1 aliphatic rings. The lowest BCUT2D eigenvalue weighted by Gasteiger charge is -2.18. The van der Waals surface area contributed by atoms with Crippen molar-refractivity contribution in [3.63, 3.8) is 0 Å². The average molecular weight is 184 g/mol. The fourth-order valence-corrected chi connectivity index (χ4v) is 1.19. The summed E-state index contributed by atoms with van der Waals surface area (Å²) < 4.78 is 17.4. The van der Waals surface area contributed by atoms with Gasteiger partial charge in [0.15, 0.2) is 5.44 Å². The van der Waals surface area contributed by atoms with Crippen molar-refractivity contribution < 1.29 is 24.4 Å². The Bertz CT molecular complexity index is 153. The monoisotopic (exact) mass is 184 g/mol. The fraction of sp³-hybridized carbons (Fsp3) is 1.00. The molecule has 66 valence electrons. The number of hydrogen-bond acceptors (Lipinski definition) is 5. The molecule has 0 aromatic rings. The minimum Gasteiger partial charge on any atom is -0.394 e. The van der Waals surface area contributed by atoms with Crippen LogP contribution in [0, 0.1) is 0 Å². The van der Waals surface area contributed by atoms with Gasteiger partial charge in [-0.1, -0.05) is 0 Å². The van der Waals surface area contributed by atoms with Gasteiger partial charge in [-0.3, -0.25) is 0 Å². The first-order valence-corrected chi connectivity index (χ1v) is 3.55. The Kier molecular flexibility index (Phi) is 2.40. The highest BCUT2D eigenvalue weighted by molar-refractivity contribution is 7.80. The number of thiol groups is 1. The van der Waals surface area contributed by atoms with Gasteiger partial charge in [0.1, 0.15) is 12.2 Å². The third kappa shape index (κ3) is 1.36. The number of alkyl halides is 1. The van der Waals surface area contributed by atoms with Crippen LogP contribution < -0.4 is 0 Å². The van der Waals surface area contributed by atoms with Crippen LogP contribution in [-0.2, 0) is 4.74 Å². The van der Waals surface area contributed by atoms with E-state index in [4.69, 9.17) is 15.3 Å². The summed E-state index contributed by atoms with van der Waals surface area (Å²) in [6.45, 7) is -0.551. The van der Waals surface area contributed by atoms with Crippen molar-refractivity contribution in [2.75, 3.05) is 6.61 Å². The molecule has 3 N–H and O–H groups in total. The van der Waals surface area contributed by atoms with E-state index in [-0.39, 0.29) is 0 Å². The summed E-state index contributed by atoms with van der Waals surface area (Å²) in [7, 11) is 0. The van der Waals surface area contributed by atoms with Gasteiger partial charge in [-0.15, -0.1) is 12.6 Å². The van der Waals surface area contributed by atoms with Gasteiger partial charge in [-0.25, -0.2) is 4.39 Å². The molecule has 1 heterocycles. The maximum atomic E-state index is 12.8. The van der Waals surface area contributed by atoms with Gasteiger partial charge in [0.2, 0.25) is 0 Å². The largest absolute Gasteiger partial charge is 0.394 e. The lowest BCUT2D eigenvalue weighted by molar-refractivity contribution is -0.154. The Morgan fingerprint density at radius 1 is 1.64 bits per heavy atom. The van der Waals surface area contributed by atoms with E-state index in [0.717, 1.165) is 0 Å². The van der Waals surface area contributed by atoms with Crippen LogP contribution in [0.2, 0.25) is 0 Å². The molecule has 11 heavy (non-hydrogen) atoms. The second kappa shape index (κ2) is 2.87. The van der Waals surface area contributed by atoms with E-state index in [1.165, 1.54) is 0 Å². The molecule has 0 aromatic carbocycles. The van der Waals surface area contributed by atoms with Crippen LogP contribution in [-0.4, -0.2) is 45.4 Å². The molecule has 0 radical (unpaired) electrons. The summed E-state index contributed by atoms with van der Waals surface area (Å²) in [4.78, 5) is 0. The molecule has 0 bridgehead atoms. The second-order valence-electron chi connectivity index (χ2n) is 2.38. The average Bonchev–Trinajstić information content (AvgIpc) is 2.14. The SMILES string of the molecule is OC[C@H]1O[C@@H](S)[C@](O)(F)[C@@H]1O. The van der Waals surface area contributed by atoms with Crippen molar-refractivity contribution in [3.05, 3.63) is 0 Å². The van der Waals surface area contributed by atoms with Crippen LogP contribution >= 0.6 is 12.6 Å². The van der Waals surface area contributed by atoms with Crippen LogP contribution in [0.15, 0.2) is 0 Å². The molecular formula is C5H9FO4S. The highest BCUT2D eigenvalue weighted by Gasteiger charge is 2.54. The van der Waals surface area contributed by atoms with Gasteiger partial charge < -0.3 is 20.1 Å². The number of halogens is 1. The van der Waals surface area contributed by atoms with Crippen LogP contribution in [0.5, 0.6) is 0 Å². The van der Waals surface area contributed by atoms with Gasteiger partial charge >= 0.3 is 0 Å². The normalized spacial score (nSPS) is 51.5. The number of aliphatic hydroxyl groups excluding tert-OH is 2. The maximum absolute atomic E-state index is 12.8. The molecule has 0 saturated carbocycles. The lowest BCUT2D eigenvalue weighted by Crippen LogP contribution is -2.42.